The Kier molecular flexibility index (Phi) is 9.21. The minimum Gasteiger partial charge on any atom is -0.497 e. The summed E-state index contributed by atoms with van der Waals surface area (Å²) in [7, 11) is 1.63. The molecule has 1 aromatic heterocycles. The van der Waals surface area contributed by atoms with Gasteiger partial charge in [0.05, 0.1) is 19.1 Å². The maximum Gasteiger partial charge on any atom is 0.245 e. The van der Waals surface area contributed by atoms with E-state index in [4.69, 9.17) is 4.74 Å². The molecule has 1 saturated heterocycles. The second-order valence-electron chi connectivity index (χ2n) is 10.5. The maximum atomic E-state index is 13.8. The molecule has 0 radical (unpaired) electrons. The average Bonchev–Trinajstić information content (AvgIpc) is 3.43. The molecule has 2 N–H and O–H groups in total. The van der Waals surface area contributed by atoms with E-state index >= 15 is 0 Å². The van der Waals surface area contributed by atoms with Gasteiger partial charge in [0.25, 0.3) is 0 Å². The third-order valence-electron chi connectivity index (χ3n) is 7.67. The highest BCUT2D eigenvalue weighted by Gasteiger charge is 2.47. The number of hydrogen-bond acceptors (Lipinski definition) is 4. The van der Waals surface area contributed by atoms with Crippen LogP contribution < -0.4 is 10.1 Å². The highest BCUT2D eigenvalue weighted by atomic mass is 16.5. The first kappa shape index (κ1) is 27.4. The van der Waals surface area contributed by atoms with E-state index in [-0.39, 0.29) is 23.7 Å². The first-order valence-corrected chi connectivity index (χ1v) is 13.7. The van der Waals surface area contributed by atoms with Gasteiger partial charge >= 0.3 is 0 Å². The Morgan fingerprint density at radius 1 is 1.13 bits per heavy atom. The first-order valence-electron chi connectivity index (χ1n) is 13.7. The lowest BCUT2D eigenvalue weighted by Crippen LogP contribution is -2.65. The number of likely N-dealkylation sites (tertiary alicyclic amines) is 1. The maximum absolute atomic E-state index is 13.8. The number of nitrogens with one attached hydrogen (secondary N) is 2. The van der Waals surface area contributed by atoms with Crippen molar-refractivity contribution in [2.24, 2.45) is 0 Å². The van der Waals surface area contributed by atoms with Crippen LogP contribution in [0.15, 0.2) is 61.1 Å². The van der Waals surface area contributed by atoms with Crippen LogP contribution in [0.2, 0.25) is 0 Å². The minimum absolute atomic E-state index is 0.0198. The summed E-state index contributed by atoms with van der Waals surface area (Å²) in [4.78, 5) is 35.8. The van der Waals surface area contributed by atoms with Crippen molar-refractivity contribution in [2.75, 3.05) is 20.2 Å². The predicted molar refractivity (Wildman–Crippen MR) is 149 cm³/mol. The third-order valence-corrected chi connectivity index (χ3v) is 7.67. The SMILES string of the molecule is CCCCCC1(c2ccccc2C)CN(C(=O)[C@@H](Cc2ccc(OC)cc2)NC(=O)CCc2c[nH]cn2)C1. The van der Waals surface area contributed by atoms with Crippen LogP contribution in [0.4, 0.5) is 0 Å². The Bertz CT molecular complexity index is 1180. The molecule has 0 saturated carbocycles. The van der Waals surface area contributed by atoms with Crippen molar-refractivity contribution in [1.29, 1.82) is 0 Å². The van der Waals surface area contributed by atoms with Crippen molar-refractivity contribution in [3.63, 3.8) is 0 Å². The number of carbonyl (C=O) groups is 2. The van der Waals surface area contributed by atoms with E-state index in [2.05, 4.69) is 53.4 Å². The van der Waals surface area contributed by atoms with E-state index in [9.17, 15) is 9.59 Å². The van der Waals surface area contributed by atoms with Crippen molar-refractivity contribution in [3.8, 4) is 5.75 Å². The van der Waals surface area contributed by atoms with Gasteiger partial charge in [-0.25, -0.2) is 4.98 Å². The van der Waals surface area contributed by atoms with Gasteiger partial charge in [-0.3, -0.25) is 9.59 Å². The van der Waals surface area contributed by atoms with E-state index in [0.717, 1.165) is 29.8 Å². The van der Waals surface area contributed by atoms with E-state index in [1.165, 1.54) is 24.0 Å². The second kappa shape index (κ2) is 12.8. The predicted octanol–water partition coefficient (Wildman–Crippen LogP) is 4.75. The fourth-order valence-corrected chi connectivity index (χ4v) is 5.54. The number of aromatic nitrogens is 2. The van der Waals surface area contributed by atoms with Crippen LogP contribution in [0.3, 0.4) is 0 Å². The number of imidazole rings is 1. The smallest absolute Gasteiger partial charge is 0.245 e. The number of aromatic amines is 1. The quantitative estimate of drug-likeness (QED) is 0.321. The molecule has 2 amide bonds. The molecular formula is C31H40N4O3. The summed E-state index contributed by atoms with van der Waals surface area (Å²) in [6.07, 6.45) is 9.19. The number of amides is 2. The summed E-state index contributed by atoms with van der Waals surface area (Å²) < 4.78 is 5.28. The molecule has 0 aliphatic carbocycles. The van der Waals surface area contributed by atoms with Crippen LogP contribution in [-0.2, 0) is 27.8 Å². The van der Waals surface area contributed by atoms with Crippen molar-refractivity contribution in [3.05, 3.63) is 83.4 Å². The highest BCUT2D eigenvalue weighted by molar-refractivity contribution is 5.88. The fraction of sp³-hybridized carbons (Fsp3) is 0.452. The average molecular weight is 517 g/mol. The Balaban J connectivity index is 1.48. The molecule has 4 rings (SSSR count). The Labute approximate surface area is 226 Å². The Morgan fingerprint density at radius 2 is 1.89 bits per heavy atom. The number of ether oxygens (including phenoxy) is 1. The van der Waals surface area contributed by atoms with Gasteiger partial charge in [-0.1, -0.05) is 62.6 Å². The standard InChI is InChI=1S/C31H40N4O3/c1-4-5-8-17-31(27-10-7-6-9-23(27)2)20-35(21-31)30(37)28(18-24-11-14-26(38-3)15-12-24)34-29(36)16-13-25-19-32-22-33-25/h6-7,9-12,14-15,19,22,28H,4-5,8,13,16-18,20-21H2,1-3H3,(H,32,33)(H,34,36)/t28-/m1/s1. The number of carbonyl (C=O) groups excluding carboxylic acids is 2. The van der Waals surface area contributed by atoms with Crippen molar-refractivity contribution < 1.29 is 14.3 Å². The molecule has 202 valence electrons. The van der Waals surface area contributed by atoms with Gasteiger partial charge in [0.1, 0.15) is 11.8 Å². The summed E-state index contributed by atoms with van der Waals surface area (Å²) in [5.41, 5.74) is 4.40. The van der Waals surface area contributed by atoms with Crippen LogP contribution in [0.1, 0.15) is 61.4 Å². The van der Waals surface area contributed by atoms with Gasteiger partial charge in [-0.05, 0) is 48.6 Å². The summed E-state index contributed by atoms with van der Waals surface area (Å²) in [5, 5.41) is 3.04. The lowest BCUT2D eigenvalue weighted by atomic mass is 9.68. The molecule has 2 heterocycles. The normalized spacial score (nSPS) is 15.0. The highest BCUT2D eigenvalue weighted by Crippen LogP contribution is 2.41. The minimum atomic E-state index is -0.624. The van der Waals surface area contributed by atoms with Crippen molar-refractivity contribution in [1.82, 2.24) is 20.2 Å². The number of benzene rings is 2. The molecule has 0 spiro atoms. The van der Waals surface area contributed by atoms with Crippen LogP contribution in [0.5, 0.6) is 5.75 Å². The summed E-state index contributed by atoms with van der Waals surface area (Å²) in [6.45, 7) is 5.74. The van der Waals surface area contributed by atoms with Crippen LogP contribution in [-0.4, -0.2) is 52.9 Å². The number of aryl methyl sites for hydroxylation is 2. The molecule has 1 atom stereocenters. The van der Waals surface area contributed by atoms with Crippen LogP contribution >= 0.6 is 0 Å². The van der Waals surface area contributed by atoms with Gasteiger partial charge in [0, 0.05) is 37.5 Å². The number of nitrogens with zero attached hydrogens (tertiary/aromatic N) is 2. The zero-order valence-corrected chi connectivity index (χ0v) is 22.8. The molecule has 2 aromatic carbocycles. The second-order valence-corrected chi connectivity index (χ2v) is 10.5. The molecule has 1 aliphatic rings. The number of methoxy groups -OCH3 is 1. The van der Waals surface area contributed by atoms with Gasteiger partial charge in [0.2, 0.25) is 11.8 Å². The van der Waals surface area contributed by atoms with Crippen molar-refractivity contribution in [2.45, 2.75) is 70.3 Å². The van der Waals surface area contributed by atoms with Crippen LogP contribution in [0.25, 0.3) is 0 Å². The molecular weight excluding hydrogens is 476 g/mol. The van der Waals surface area contributed by atoms with Gasteiger partial charge in [-0.2, -0.15) is 0 Å². The number of H-pyrrole nitrogens is 1. The molecule has 7 nitrogen and oxygen atoms in total. The van der Waals surface area contributed by atoms with E-state index in [0.29, 0.717) is 25.9 Å². The molecule has 38 heavy (non-hydrogen) atoms. The lowest BCUT2D eigenvalue weighted by molar-refractivity contribution is -0.143. The fourth-order valence-electron chi connectivity index (χ4n) is 5.54. The topological polar surface area (TPSA) is 87.3 Å². The van der Waals surface area contributed by atoms with E-state index < -0.39 is 6.04 Å². The molecule has 7 heteroatoms. The number of unbranched alkanes of at least 4 members (excludes halogenated alkanes) is 2. The Morgan fingerprint density at radius 3 is 2.55 bits per heavy atom. The zero-order chi connectivity index (χ0) is 27.0. The monoisotopic (exact) mass is 516 g/mol. The molecule has 3 aromatic rings. The number of rotatable bonds is 13. The Hall–Kier alpha value is -3.61. The van der Waals surface area contributed by atoms with Gasteiger partial charge in [0.15, 0.2) is 0 Å². The third kappa shape index (κ3) is 6.63. The molecule has 1 aliphatic heterocycles. The van der Waals surface area contributed by atoms with Gasteiger partial charge < -0.3 is 19.9 Å². The summed E-state index contributed by atoms with van der Waals surface area (Å²) in [6, 6.07) is 15.6. The lowest BCUT2D eigenvalue weighted by Gasteiger charge is -2.52. The van der Waals surface area contributed by atoms with Crippen LogP contribution in [0, 0.1) is 6.92 Å². The summed E-state index contributed by atoms with van der Waals surface area (Å²) >= 11 is 0. The summed E-state index contributed by atoms with van der Waals surface area (Å²) in [5.74, 6) is 0.597. The first-order chi connectivity index (χ1) is 18.4. The van der Waals surface area contributed by atoms with E-state index in [1.807, 2.05) is 29.2 Å². The van der Waals surface area contributed by atoms with E-state index in [1.54, 1.807) is 19.6 Å². The van der Waals surface area contributed by atoms with Crippen molar-refractivity contribution >= 4 is 11.8 Å². The number of hydrogen-bond donors (Lipinski definition) is 2. The zero-order valence-electron chi connectivity index (χ0n) is 22.8. The molecule has 0 unspecified atom stereocenters. The largest absolute Gasteiger partial charge is 0.497 e. The molecule has 1 fully saturated rings. The van der Waals surface area contributed by atoms with Gasteiger partial charge in [-0.15, -0.1) is 0 Å². The molecule has 0 bridgehead atoms.